The van der Waals surface area contributed by atoms with Gasteiger partial charge in [0.2, 0.25) is 5.95 Å². The molecule has 0 bridgehead atoms. The number of carbonyl (C=O) groups excluding carboxylic acids is 1. The van der Waals surface area contributed by atoms with Crippen LogP contribution < -0.4 is 9.80 Å². The monoisotopic (exact) mass is 510 g/mol. The van der Waals surface area contributed by atoms with Crippen LogP contribution in [0.4, 0.5) is 20.8 Å². The third kappa shape index (κ3) is 3.58. The molecule has 0 radical (unpaired) electrons. The normalized spacial score (nSPS) is 17.0. The Morgan fingerprint density at radius 2 is 2.00 bits per heavy atom. The first-order valence-electron chi connectivity index (χ1n) is 10.9. The molecule has 2 heterocycles. The van der Waals surface area contributed by atoms with Crippen molar-refractivity contribution in [1.82, 2.24) is 9.97 Å². The molecule has 0 fully saturated rings. The molecule has 11 heteroatoms. The Kier molecular flexibility index (Phi) is 5.87. The summed E-state index contributed by atoms with van der Waals surface area (Å²) < 4.78 is 20.1. The standard InChI is InChI=1S/C25H20ClFN4O5/c1-36-12-11-30(24(33)34)23-28-18-10-9-14(13-19(18)29-23)25(35)16-6-3-2-5-15(16)22(32)31(25)20-8-4-7-17(26)21(20)27/h2-10,13,35H,11-12H2,1H3,(H,28,29)(H,33,34). The van der Waals surface area contributed by atoms with E-state index in [1.54, 1.807) is 42.5 Å². The predicted octanol–water partition coefficient (Wildman–Crippen LogP) is 4.34. The van der Waals surface area contributed by atoms with Gasteiger partial charge < -0.3 is 19.9 Å². The third-order valence-electron chi connectivity index (χ3n) is 6.11. The molecule has 1 aliphatic rings. The van der Waals surface area contributed by atoms with E-state index in [-0.39, 0.29) is 46.5 Å². The van der Waals surface area contributed by atoms with Crippen LogP contribution in [-0.4, -0.2) is 52.4 Å². The average molecular weight is 511 g/mol. The summed E-state index contributed by atoms with van der Waals surface area (Å²) in [5.41, 5.74) is -0.722. The van der Waals surface area contributed by atoms with E-state index in [0.717, 1.165) is 9.80 Å². The van der Waals surface area contributed by atoms with Gasteiger partial charge in [-0.3, -0.25) is 9.69 Å². The molecule has 0 saturated carbocycles. The van der Waals surface area contributed by atoms with Gasteiger partial charge in [0.05, 0.1) is 34.9 Å². The smallest absolute Gasteiger partial charge is 0.414 e. The molecule has 0 saturated heterocycles. The van der Waals surface area contributed by atoms with Crippen molar-refractivity contribution in [2.24, 2.45) is 0 Å². The highest BCUT2D eigenvalue weighted by molar-refractivity contribution is 6.31. The molecule has 1 aliphatic heterocycles. The second-order valence-corrected chi connectivity index (χ2v) is 8.56. The Balaban J connectivity index is 1.68. The van der Waals surface area contributed by atoms with Crippen LogP contribution in [0.3, 0.4) is 0 Å². The minimum absolute atomic E-state index is 0.0478. The Bertz CT molecular complexity index is 1510. The Hall–Kier alpha value is -3.99. The van der Waals surface area contributed by atoms with Crippen LogP contribution in [0.2, 0.25) is 5.02 Å². The van der Waals surface area contributed by atoms with Crippen molar-refractivity contribution in [2.45, 2.75) is 5.72 Å². The first kappa shape index (κ1) is 23.7. The average Bonchev–Trinajstić information content (AvgIpc) is 3.38. The van der Waals surface area contributed by atoms with E-state index in [1.807, 2.05) is 0 Å². The highest BCUT2D eigenvalue weighted by atomic mass is 35.5. The van der Waals surface area contributed by atoms with Gasteiger partial charge in [0.15, 0.2) is 11.5 Å². The summed E-state index contributed by atoms with van der Waals surface area (Å²) in [5.74, 6) is -1.38. The van der Waals surface area contributed by atoms with E-state index >= 15 is 4.39 Å². The number of rotatable bonds is 6. The fourth-order valence-corrected chi connectivity index (χ4v) is 4.58. The molecule has 1 atom stereocenters. The maximum Gasteiger partial charge on any atom is 0.414 e. The van der Waals surface area contributed by atoms with Crippen molar-refractivity contribution in [3.05, 3.63) is 88.2 Å². The van der Waals surface area contributed by atoms with Crippen LogP contribution in [0, 0.1) is 5.82 Å². The zero-order chi connectivity index (χ0) is 25.6. The fraction of sp³-hybridized carbons (Fsp3) is 0.160. The van der Waals surface area contributed by atoms with Crippen LogP contribution in [0.15, 0.2) is 60.7 Å². The topological polar surface area (TPSA) is 119 Å². The van der Waals surface area contributed by atoms with E-state index in [4.69, 9.17) is 16.3 Å². The number of nitrogens with zero attached hydrogens (tertiary/aromatic N) is 3. The van der Waals surface area contributed by atoms with Gasteiger partial charge in [-0.25, -0.2) is 19.1 Å². The van der Waals surface area contributed by atoms with Gasteiger partial charge in [-0.1, -0.05) is 41.9 Å². The molecule has 3 N–H and O–H groups in total. The van der Waals surface area contributed by atoms with Crippen molar-refractivity contribution in [3.63, 3.8) is 0 Å². The lowest BCUT2D eigenvalue weighted by molar-refractivity contribution is 0.0699. The number of benzene rings is 3. The Morgan fingerprint density at radius 1 is 1.22 bits per heavy atom. The number of amides is 2. The minimum atomic E-state index is -2.08. The maximum atomic E-state index is 15.1. The number of imidazole rings is 1. The molecule has 0 spiro atoms. The summed E-state index contributed by atoms with van der Waals surface area (Å²) in [6.45, 7) is 0.208. The highest BCUT2D eigenvalue weighted by Crippen LogP contribution is 2.46. The van der Waals surface area contributed by atoms with Crippen LogP contribution in [-0.2, 0) is 10.5 Å². The number of nitrogens with one attached hydrogen (secondary N) is 1. The number of anilines is 2. The van der Waals surface area contributed by atoms with Crippen molar-refractivity contribution < 1.29 is 28.9 Å². The van der Waals surface area contributed by atoms with Crippen LogP contribution in [0.1, 0.15) is 21.5 Å². The van der Waals surface area contributed by atoms with E-state index < -0.39 is 23.5 Å². The molecule has 4 aromatic rings. The summed E-state index contributed by atoms with van der Waals surface area (Å²) in [6, 6.07) is 15.4. The number of aromatic nitrogens is 2. The number of carboxylic acid groups (broad SMARTS) is 1. The van der Waals surface area contributed by atoms with Gasteiger partial charge in [0, 0.05) is 23.8 Å². The van der Waals surface area contributed by atoms with E-state index in [9.17, 15) is 19.8 Å². The minimum Gasteiger partial charge on any atom is -0.465 e. The highest BCUT2D eigenvalue weighted by Gasteiger charge is 2.51. The second kappa shape index (κ2) is 8.90. The van der Waals surface area contributed by atoms with Crippen molar-refractivity contribution in [1.29, 1.82) is 0 Å². The number of hydrogen-bond acceptors (Lipinski definition) is 5. The number of halogens is 2. The first-order chi connectivity index (χ1) is 17.3. The molecule has 1 unspecified atom stereocenters. The number of hydrogen-bond donors (Lipinski definition) is 3. The van der Waals surface area contributed by atoms with Gasteiger partial charge in [-0.05, 0) is 30.3 Å². The molecule has 36 heavy (non-hydrogen) atoms. The van der Waals surface area contributed by atoms with Gasteiger partial charge in [-0.15, -0.1) is 0 Å². The summed E-state index contributed by atoms with van der Waals surface area (Å²) in [4.78, 5) is 34.4. The molecule has 5 rings (SSSR count). The lowest BCUT2D eigenvalue weighted by Gasteiger charge is -2.35. The van der Waals surface area contributed by atoms with E-state index in [2.05, 4.69) is 9.97 Å². The molecule has 3 aromatic carbocycles. The Morgan fingerprint density at radius 3 is 2.75 bits per heavy atom. The first-order valence-corrected chi connectivity index (χ1v) is 11.2. The molecular formula is C25H20ClFN4O5. The lowest BCUT2D eigenvalue weighted by Crippen LogP contribution is -2.45. The third-order valence-corrected chi connectivity index (χ3v) is 6.40. The molecule has 2 amide bonds. The van der Waals surface area contributed by atoms with Gasteiger partial charge in [-0.2, -0.15) is 0 Å². The van der Waals surface area contributed by atoms with Gasteiger partial charge >= 0.3 is 6.09 Å². The number of carbonyl (C=O) groups is 2. The quantitative estimate of drug-likeness (QED) is 0.355. The van der Waals surface area contributed by atoms with E-state index in [1.165, 1.54) is 25.3 Å². The number of methoxy groups -OCH3 is 1. The van der Waals surface area contributed by atoms with E-state index in [0.29, 0.717) is 11.0 Å². The fourth-order valence-electron chi connectivity index (χ4n) is 4.41. The molecule has 0 aliphatic carbocycles. The summed E-state index contributed by atoms with van der Waals surface area (Å²) in [7, 11) is 1.46. The van der Waals surface area contributed by atoms with Crippen LogP contribution >= 0.6 is 11.6 Å². The number of aliphatic hydroxyl groups is 1. The Labute approximate surface area is 209 Å². The zero-order valence-electron chi connectivity index (χ0n) is 18.9. The lowest BCUT2D eigenvalue weighted by atomic mass is 9.93. The van der Waals surface area contributed by atoms with Gasteiger partial charge in [0.25, 0.3) is 5.91 Å². The van der Waals surface area contributed by atoms with Crippen LogP contribution in [0.25, 0.3) is 11.0 Å². The predicted molar refractivity (Wildman–Crippen MR) is 131 cm³/mol. The summed E-state index contributed by atoms with van der Waals surface area (Å²) in [5, 5.41) is 21.5. The number of H-pyrrole nitrogens is 1. The van der Waals surface area contributed by atoms with Crippen LogP contribution in [0.5, 0.6) is 0 Å². The van der Waals surface area contributed by atoms with Crippen molar-refractivity contribution in [2.75, 3.05) is 30.1 Å². The largest absolute Gasteiger partial charge is 0.465 e. The molecular weight excluding hydrogens is 491 g/mol. The second-order valence-electron chi connectivity index (χ2n) is 8.15. The number of fused-ring (bicyclic) bond motifs is 2. The van der Waals surface area contributed by atoms with Crippen molar-refractivity contribution >= 4 is 46.3 Å². The molecule has 9 nitrogen and oxygen atoms in total. The summed E-state index contributed by atoms with van der Waals surface area (Å²) >= 11 is 5.99. The van der Waals surface area contributed by atoms with Gasteiger partial charge in [0.1, 0.15) is 0 Å². The summed E-state index contributed by atoms with van der Waals surface area (Å²) in [6.07, 6.45) is -1.22. The number of ether oxygens (including phenoxy) is 1. The maximum absolute atomic E-state index is 15.1. The SMILES string of the molecule is COCCN(C(=O)O)c1nc2ccc(C3(O)c4ccccc4C(=O)N3c3cccc(Cl)c3F)cc2[nH]1. The van der Waals surface area contributed by atoms with Crippen molar-refractivity contribution in [3.8, 4) is 0 Å². The molecule has 1 aromatic heterocycles. The molecule has 184 valence electrons. The zero-order valence-corrected chi connectivity index (χ0v) is 19.7. The number of aromatic amines is 1.